The van der Waals surface area contributed by atoms with E-state index in [4.69, 9.17) is 34.8 Å². The molecule has 1 heterocycles. The normalized spacial score (nSPS) is 17.4. The highest BCUT2D eigenvalue weighted by Crippen LogP contribution is 2.50. The van der Waals surface area contributed by atoms with Gasteiger partial charge in [-0.05, 0) is 48.5 Å². The third-order valence-corrected chi connectivity index (χ3v) is 5.04. The summed E-state index contributed by atoms with van der Waals surface area (Å²) in [4.78, 5) is 0. The second-order valence-electron chi connectivity index (χ2n) is 4.39. The Morgan fingerprint density at radius 1 is 1.26 bits per heavy atom. The molecule has 0 amide bonds. The lowest BCUT2D eigenvalue weighted by Crippen LogP contribution is -2.50. The van der Waals surface area contributed by atoms with E-state index in [2.05, 4.69) is 5.32 Å². The Bertz CT molecular complexity index is 581. The summed E-state index contributed by atoms with van der Waals surface area (Å²) in [6, 6.07) is 6.54. The summed E-state index contributed by atoms with van der Waals surface area (Å²) in [7, 11) is 1.64. The van der Waals surface area contributed by atoms with Crippen molar-refractivity contribution in [1.82, 2.24) is 5.32 Å². The molecule has 0 aliphatic rings. The average Bonchev–Trinajstić information content (AvgIpc) is 2.82. The fourth-order valence-electron chi connectivity index (χ4n) is 2.05. The Kier molecular flexibility index (Phi) is 4.34. The fourth-order valence-corrected chi connectivity index (χ4v) is 3.64. The second-order valence-corrected chi connectivity index (χ2v) is 7.62. The first-order valence-electron chi connectivity index (χ1n) is 5.71. The molecule has 1 nitrogen and oxygen atoms in total. The Balaban J connectivity index is 2.60. The number of benzene rings is 1. The van der Waals surface area contributed by atoms with Gasteiger partial charge in [0.05, 0.1) is 0 Å². The van der Waals surface area contributed by atoms with E-state index in [0.29, 0.717) is 5.56 Å². The van der Waals surface area contributed by atoms with Crippen molar-refractivity contribution in [1.29, 1.82) is 0 Å². The van der Waals surface area contributed by atoms with Gasteiger partial charge in [0, 0.05) is 10.7 Å². The standard InChI is InChI=1S/C13H13Cl3FNS/c1-8(18-2)12(17,13(14,15)16)10-3-4-11-9(7-10)5-6-19-11/h3-8,18H,1-2H3. The van der Waals surface area contributed by atoms with Gasteiger partial charge in [0.1, 0.15) is 0 Å². The maximum atomic E-state index is 15.4. The summed E-state index contributed by atoms with van der Waals surface area (Å²) in [6.45, 7) is 1.65. The largest absolute Gasteiger partial charge is 0.314 e. The van der Waals surface area contributed by atoms with Gasteiger partial charge in [0.25, 0.3) is 0 Å². The van der Waals surface area contributed by atoms with Crippen LogP contribution in [0.3, 0.4) is 0 Å². The Hall–Kier alpha value is -0.0600. The monoisotopic (exact) mass is 339 g/mol. The molecule has 104 valence electrons. The van der Waals surface area contributed by atoms with Gasteiger partial charge in [-0.3, -0.25) is 0 Å². The molecule has 2 aromatic rings. The van der Waals surface area contributed by atoms with E-state index in [9.17, 15) is 0 Å². The zero-order chi connectivity index (χ0) is 14.3. The van der Waals surface area contributed by atoms with Crippen molar-refractivity contribution in [3.8, 4) is 0 Å². The van der Waals surface area contributed by atoms with Crippen LogP contribution in [0.5, 0.6) is 0 Å². The Morgan fingerprint density at radius 3 is 2.53 bits per heavy atom. The molecule has 6 heteroatoms. The van der Waals surface area contributed by atoms with E-state index in [1.54, 1.807) is 37.4 Å². The smallest absolute Gasteiger partial charge is 0.229 e. The van der Waals surface area contributed by atoms with Crippen LogP contribution in [0.25, 0.3) is 10.1 Å². The first-order valence-corrected chi connectivity index (χ1v) is 7.72. The third kappa shape index (κ3) is 2.59. The predicted molar refractivity (Wildman–Crippen MR) is 83.4 cm³/mol. The minimum absolute atomic E-state index is 0.361. The van der Waals surface area contributed by atoms with Crippen LogP contribution < -0.4 is 5.32 Å². The molecule has 0 fully saturated rings. The predicted octanol–water partition coefficient (Wildman–Crippen LogP) is 5.04. The first kappa shape index (κ1) is 15.3. The summed E-state index contributed by atoms with van der Waals surface area (Å²) < 4.78 is 14.4. The van der Waals surface area contributed by atoms with E-state index in [0.717, 1.165) is 10.1 Å². The van der Waals surface area contributed by atoms with Crippen molar-refractivity contribution in [2.24, 2.45) is 0 Å². The minimum Gasteiger partial charge on any atom is -0.314 e. The number of likely N-dealkylation sites (N-methyl/N-ethyl adjacent to an activating group) is 1. The van der Waals surface area contributed by atoms with Crippen LogP contribution in [0.1, 0.15) is 12.5 Å². The molecule has 0 aliphatic heterocycles. The Labute approximate surface area is 130 Å². The number of nitrogens with one attached hydrogen (secondary N) is 1. The molecule has 2 unspecified atom stereocenters. The van der Waals surface area contributed by atoms with Gasteiger partial charge in [-0.25, -0.2) is 4.39 Å². The van der Waals surface area contributed by atoms with Gasteiger partial charge in [-0.15, -0.1) is 11.3 Å². The zero-order valence-corrected chi connectivity index (χ0v) is 13.5. The van der Waals surface area contributed by atoms with Crippen molar-refractivity contribution in [2.75, 3.05) is 7.05 Å². The summed E-state index contributed by atoms with van der Waals surface area (Å²) in [6.07, 6.45) is 0. The van der Waals surface area contributed by atoms with Crippen molar-refractivity contribution in [3.63, 3.8) is 0 Å². The fraction of sp³-hybridized carbons (Fsp3) is 0.385. The lowest BCUT2D eigenvalue weighted by Gasteiger charge is -2.37. The lowest BCUT2D eigenvalue weighted by atomic mass is 9.89. The number of thiophene rings is 1. The van der Waals surface area contributed by atoms with Crippen molar-refractivity contribution < 1.29 is 4.39 Å². The van der Waals surface area contributed by atoms with Crippen LogP contribution in [0, 0.1) is 0 Å². The molecular formula is C13H13Cl3FNS. The molecule has 0 bridgehead atoms. The maximum Gasteiger partial charge on any atom is 0.229 e. The number of alkyl halides is 4. The van der Waals surface area contributed by atoms with Gasteiger partial charge in [0.15, 0.2) is 5.67 Å². The highest BCUT2D eigenvalue weighted by Gasteiger charge is 2.54. The molecule has 0 saturated heterocycles. The van der Waals surface area contributed by atoms with Crippen molar-refractivity contribution in [3.05, 3.63) is 35.2 Å². The average molecular weight is 341 g/mol. The van der Waals surface area contributed by atoms with E-state index in [1.807, 2.05) is 17.5 Å². The molecule has 1 N–H and O–H groups in total. The van der Waals surface area contributed by atoms with Crippen LogP contribution in [0.15, 0.2) is 29.6 Å². The van der Waals surface area contributed by atoms with Gasteiger partial charge >= 0.3 is 0 Å². The van der Waals surface area contributed by atoms with Gasteiger partial charge < -0.3 is 5.32 Å². The van der Waals surface area contributed by atoms with Crippen molar-refractivity contribution in [2.45, 2.75) is 22.4 Å². The number of fused-ring (bicyclic) bond motifs is 1. The molecular weight excluding hydrogens is 328 g/mol. The molecule has 0 radical (unpaired) electrons. The Morgan fingerprint density at radius 2 is 1.95 bits per heavy atom. The molecule has 19 heavy (non-hydrogen) atoms. The zero-order valence-electron chi connectivity index (χ0n) is 10.4. The number of hydrogen-bond donors (Lipinski definition) is 1. The number of halogens is 4. The van der Waals surface area contributed by atoms with Crippen LogP contribution in [0.2, 0.25) is 0 Å². The van der Waals surface area contributed by atoms with Crippen LogP contribution in [-0.4, -0.2) is 16.9 Å². The summed E-state index contributed by atoms with van der Waals surface area (Å²) in [5.41, 5.74) is -1.75. The maximum absolute atomic E-state index is 15.4. The highest BCUT2D eigenvalue weighted by molar-refractivity contribution is 7.17. The van der Waals surface area contributed by atoms with Gasteiger partial charge in [0.2, 0.25) is 3.79 Å². The van der Waals surface area contributed by atoms with E-state index in [-0.39, 0.29) is 0 Å². The van der Waals surface area contributed by atoms with Crippen LogP contribution in [-0.2, 0) is 5.67 Å². The first-order chi connectivity index (χ1) is 8.80. The molecule has 1 aromatic carbocycles. The number of rotatable bonds is 3. The molecule has 0 spiro atoms. The SMILES string of the molecule is CNC(C)C(F)(c1ccc2sccc2c1)C(Cl)(Cl)Cl. The lowest BCUT2D eigenvalue weighted by molar-refractivity contribution is 0.121. The molecule has 0 saturated carbocycles. The van der Waals surface area contributed by atoms with E-state index in [1.165, 1.54) is 0 Å². The quantitative estimate of drug-likeness (QED) is 0.771. The highest BCUT2D eigenvalue weighted by atomic mass is 35.6. The molecule has 1 aromatic heterocycles. The van der Waals surface area contributed by atoms with E-state index < -0.39 is 15.5 Å². The summed E-state index contributed by atoms with van der Waals surface area (Å²) >= 11 is 19.3. The third-order valence-electron chi connectivity index (χ3n) is 3.31. The summed E-state index contributed by atoms with van der Waals surface area (Å²) in [5.74, 6) is 0. The minimum atomic E-state index is -2.11. The van der Waals surface area contributed by atoms with Crippen LogP contribution in [0.4, 0.5) is 4.39 Å². The second kappa shape index (κ2) is 5.38. The number of hydrogen-bond acceptors (Lipinski definition) is 2. The molecule has 0 aliphatic carbocycles. The van der Waals surface area contributed by atoms with E-state index >= 15 is 4.39 Å². The van der Waals surface area contributed by atoms with Gasteiger partial charge in [-0.1, -0.05) is 40.9 Å². The summed E-state index contributed by atoms with van der Waals surface area (Å²) in [5, 5.41) is 5.72. The topological polar surface area (TPSA) is 12.0 Å². The van der Waals surface area contributed by atoms with Crippen molar-refractivity contribution >= 4 is 56.2 Å². The van der Waals surface area contributed by atoms with Crippen LogP contribution >= 0.6 is 46.1 Å². The van der Waals surface area contributed by atoms with Gasteiger partial charge in [-0.2, -0.15) is 0 Å². The molecule has 2 rings (SSSR count). The molecule has 2 atom stereocenters.